The van der Waals surface area contributed by atoms with E-state index in [1.807, 2.05) is 73.2 Å². The highest BCUT2D eigenvalue weighted by molar-refractivity contribution is 6.00. The molecule has 0 aromatic carbocycles. The molecule has 0 amide bonds. The highest BCUT2D eigenvalue weighted by atomic mass is 15.3. The summed E-state index contributed by atoms with van der Waals surface area (Å²) >= 11 is 0. The number of anilines is 1. The van der Waals surface area contributed by atoms with Crippen LogP contribution in [0.3, 0.4) is 0 Å². The number of allylic oxidation sites excluding steroid dienone is 7. The Bertz CT molecular complexity index is 2820. The average molecular weight is 1110 g/mol. The summed E-state index contributed by atoms with van der Waals surface area (Å²) < 4.78 is 1.94. The molecule has 82 heavy (non-hydrogen) atoms. The van der Waals surface area contributed by atoms with Crippen molar-refractivity contribution < 1.29 is 0 Å². The second-order valence-electron chi connectivity index (χ2n) is 29.8. The predicted molar refractivity (Wildman–Crippen MR) is 359 cm³/mol. The van der Waals surface area contributed by atoms with Gasteiger partial charge in [-0.05, 0) is 149 Å². The first-order valence-electron chi connectivity index (χ1n) is 29.5. The van der Waals surface area contributed by atoms with Gasteiger partial charge in [0.05, 0.1) is 24.3 Å². The molecule has 0 radical (unpaired) electrons. The summed E-state index contributed by atoms with van der Waals surface area (Å²) in [5, 5.41) is 4.10. The van der Waals surface area contributed by atoms with Crippen molar-refractivity contribution in [3.8, 4) is 0 Å². The minimum Gasteiger partial charge on any atom is -0.384 e. The number of aromatic nitrogens is 6. The fourth-order valence-electron chi connectivity index (χ4n) is 7.74. The maximum absolute atomic E-state index is 5.46. The van der Waals surface area contributed by atoms with Crippen LogP contribution in [0.15, 0.2) is 150 Å². The summed E-state index contributed by atoms with van der Waals surface area (Å²) in [5.41, 5.74) is 21.5. The lowest BCUT2D eigenvalue weighted by atomic mass is 9.86. The second kappa shape index (κ2) is 30.8. The number of nitrogens with zero attached hydrogens (tertiary/aromatic N) is 8. The Labute approximate surface area is 500 Å². The van der Waals surface area contributed by atoms with Gasteiger partial charge in [-0.15, -0.1) is 0 Å². The molecule has 2 aliphatic heterocycles. The number of nitrogens with two attached hydrogens (primary N) is 1. The number of aryl methyl sites for hydroxylation is 2. The zero-order valence-corrected chi connectivity index (χ0v) is 56.3. The molecular weight excluding hydrogens is 1000 g/mol. The number of hydrogen-bond acceptors (Lipinski definition) is 8. The molecule has 448 valence electrons. The third-order valence-electron chi connectivity index (χ3n) is 13.5. The SMILES string of the molecule is CC(C)(C)C1=CC=CC1.CC(C)(C)C1=CCN=C1.CC(C)(C)C1=NCC=C1.CC(C)(C)c1ccc(N)nc1.CC(C)(C)c1cnc2c(c1)C=CC2.CC(C)(C)n1cccn1.Cc1cc(C(C)(C)C)ccn1.Cc1cncc(C(C)(C)C)c1. The highest BCUT2D eigenvalue weighted by Crippen LogP contribution is 2.31. The lowest BCUT2D eigenvalue weighted by Gasteiger charge is -2.19. The Hall–Kier alpha value is -6.35. The first kappa shape index (κ1) is 71.8. The average Bonchev–Trinajstić information content (AvgIpc) is 4.28. The largest absolute Gasteiger partial charge is 0.384 e. The van der Waals surface area contributed by atoms with E-state index in [1.54, 1.807) is 11.8 Å². The van der Waals surface area contributed by atoms with Crippen molar-refractivity contribution in [3.63, 3.8) is 0 Å². The van der Waals surface area contributed by atoms with Gasteiger partial charge in [0, 0.05) is 72.8 Å². The zero-order valence-electron chi connectivity index (χ0n) is 56.3. The van der Waals surface area contributed by atoms with Crippen LogP contribution in [0.4, 0.5) is 5.82 Å². The van der Waals surface area contributed by atoms with Crippen LogP contribution in [-0.2, 0) is 33.6 Å². The lowest BCUT2D eigenvalue weighted by molar-refractivity contribution is 0.355. The Morgan fingerprint density at radius 2 is 1.12 bits per heavy atom. The molecule has 0 saturated carbocycles. The van der Waals surface area contributed by atoms with Crippen LogP contribution in [0.5, 0.6) is 0 Å². The molecule has 2 N–H and O–H groups in total. The summed E-state index contributed by atoms with van der Waals surface area (Å²) in [6.07, 6.45) is 34.7. The number of rotatable bonds is 0. The second-order valence-corrected chi connectivity index (χ2v) is 29.8. The van der Waals surface area contributed by atoms with Crippen molar-refractivity contribution >= 4 is 23.8 Å². The number of hydrogen-bond donors (Lipinski definition) is 1. The highest BCUT2D eigenvalue weighted by Gasteiger charge is 2.20. The van der Waals surface area contributed by atoms with Gasteiger partial charge < -0.3 is 5.73 Å². The van der Waals surface area contributed by atoms with Crippen LogP contribution in [0.25, 0.3) is 6.08 Å². The minimum atomic E-state index is 0.128. The fourth-order valence-corrected chi connectivity index (χ4v) is 7.74. The van der Waals surface area contributed by atoms with Gasteiger partial charge in [0.2, 0.25) is 0 Å². The molecule has 7 heterocycles. The summed E-state index contributed by atoms with van der Waals surface area (Å²) in [6, 6.07) is 14.4. The Morgan fingerprint density at radius 3 is 1.48 bits per heavy atom. The molecule has 0 atom stereocenters. The number of pyridine rings is 4. The van der Waals surface area contributed by atoms with E-state index in [4.69, 9.17) is 5.73 Å². The molecule has 0 unspecified atom stereocenters. The van der Waals surface area contributed by atoms with Crippen molar-refractivity contribution in [1.82, 2.24) is 29.7 Å². The standard InChI is InChI=1S/C12H15N.2C10H15N.C9H14N2.C9H14.2C8H13N.C7H12N2/c1-12(2,3)10-7-9-5-4-6-11(9)13-8-10;1-8-5-9(7-11-6-8)10(2,3)4;1-8-7-9(5-6-11-8)10(2,3)4;1-9(2,3)7-4-5-8(10)11-6-7;1-9(2,3)8-6-4-5-7-8;1-8(2,3)7-4-5-9-6-7;1-8(2,3)7-5-4-6-9-7;1-7(2,3)9-6-4-5-8-9/h4-5,7-8H,6H2,1-3H3;2*5-7H,1-4H3;4-6H,1-3H3,(H2,10,11);4-6H,7H2,1-3H3;4,6H,5H2,1-3H3;4-5H,6H2,1-3H3;4-6H,1-3H3. The van der Waals surface area contributed by atoms with Gasteiger partial charge in [-0.1, -0.05) is 206 Å². The van der Waals surface area contributed by atoms with Crippen molar-refractivity contribution in [2.45, 2.75) is 220 Å². The molecule has 9 nitrogen and oxygen atoms in total. The molecule has 0 fully saturated rings. The molecule has 2 aliphatic carbocycles. The monoisotopic (exact) mass is 1110 g/mol. The molecular formula is C73H111N9. The third kappa shape index (κ3) is 27.6. The van der Waals surface area contributed by atoms with Gasteiger partial charge in [0.1, 0.15) is 5.82 Å². The Kier molecular flexibility index (Phi) is 27.0. The molecule has 0 bridgehead atoms. The van der Waals surface area contributed by atoms with Gasteiger partial charge in [-0.3, -0.25) is 29.6 Å². The first-order chi connectivity index (χ1) is 37.5. The van der Waals surface area contributed by atoms with Crippen molar-refractivity contribution in [2.24, 2.45) is 26.2 Å². The van der Waals surface area contributed by atoms with Crippen LogP contribution >= 0.6 is 0 Å². The van der Waals surface area contributed by atoms with E-state index in [-0.39, 0.29) is 32.6 Å². The van der Waals surface area contributed by atoms with Gasteiger partial charge >= 0.3 is 0 Å². The molecule has 9 heteroatoms. The Balaban J connectivity index is 0.000000321. The van der Waals surface area contributed by atoms with Gasteiger partial charge in [0.15, 0.2) is 0 Å². The molecule has 9 rings (SSSR count). The molecule has 5 aromatic heterocycles. The third-order valence-corrected chi connectivity index (χ3v) is 13.5. The van der Waals surface area contributed by atoms with Gasteiger partial charge in [-0.2, -0.15) is 5.10 Å². The van der Waals surface area contributed by atoms with Crippen LogP contribution in [0.1, 0.15) is 217 Å². The molecule has 4 aliphatic rings. The van der Waals surface area contributed by atoms with E-state index in [0.29, 0.717) is 16.6 Å². The van der Waals surface area contributed by atoms with Crippen LogP contribution in [0.2, 0.25) is 0 Å². The quantitative estimate of drug-likeness (QED) is 0.165. The minimum absolute atomic E-state index is 0.128. The maximum Gasteiger partial charge on any atom is 0.123 e. The van der Waals surface area contributed by atoms with E-state index in [2.05, 4.69) is 281 Å². The molecule has 0 saturated heterocycles. The predicted octanol–water partition coefficient (Wildman–Crippen LogP) is 18.9. The lowest BCUT2D eigenvalue weighted by Crippen LogP contribution is -2.21. The van der Waals surface area contributed by atoms with Crippen LogP contribution in [-0.4, -0.2) is 54.7 Å². The summed E-state index contributed by atoms with van der Waals surface area (Å²) in [5.74, 6) is 0.581. The summed E-state index contributed by atoms with van der Waals surface area (Å²) in [7, 11) is 0. The van der Waals surface area contributed by atoms with Crippen molar-refractivity contribution in [3.05, 3.63) is 184 Å². The van der Waals surface area contributed by atoms with E-state index in [9.17, 15) is 0 Å². The van der Waals surface area contributed by atoms with E-state index in [0.717, 1.165) is 31.6 Å². The molecule has 5 aromatic rings. The Morgan fingerprint density at radius 1 is 0.512 bits per heavy atom. The number of nitrogen functional groups attached to an aromatic ring is 1. The summed E-state index contributed by atoms with van der Waals surface area (Å²) in [4.78, 5) is 25.2. The van der Waals surface area contributed by atoms with Crippen molar-refractivity contribution in [2.75, 3.05) is 18.8 Å². The zero-order chi connectivity index (χ0) is 62.5. The summed E-state index contributed by atoms with van der Waals surface area (Å²) in [6.45, 7) is 58.5. The smallest absolute Gasteiger partial charge is 0.123 e. The van der Waals surface area contributed by atoms with Crippen LogP contribution in [0, 0.1) is 30.1 Å². The van der Waals surface area contributed by atoms with E-state index >= 15 is 0 Å². The number of fused-ring (bicyclic) bond motifs is 1. The molecule has 0 spiro atoms. The maximum atomic E-state index is 5.46. The van der Waals surface area contributed by atoms with Gasteiger partial charge in [0.25, 0.3) is 0 Å². The van der Waals surface area contributed by atoms with Gasteiger partial charge in [-0.25, -0.2) is 4.98 Å². The topological polar surface area (TPSA) is 120 Å². The van der Waals surface area contributed by atoms with E-state index < -0.39 is 0 Å². The normalized spacial score (nSPS) is 14.3. The first-order valence-corrected chi connectivity index (χ1v) is 29.5. The number of aliphatic imine (C=N–C) groups is 2. The fraction of sp³-hybridized carbons (Fsp3) is 0.521. The van der Waals surface area contributed by atoms with Crippen LogP contribution < -0.4 is 5.73 Å². The van der Waals surface area contributed by atoms with E-state index in [1.165, 1.54) is 50.4 Å². The van der Waals surface area contributed by atoms with Crippen molar-refractivity contribution in [1.29, 1.82) is 0 Å².